The highest BCUT2D eigenvalue weighted by molar-refractivity contribution is 7.17. The van der Waals surface area contributed by atoms with Gasteiger partial charge in [0, 0.05) is 12.6 Å². The van der Waals surface area contributed by atoms with E-state index in [1.165, 1.54) is 23.5 Å². The number of aryl methyl sites for hydroxylation is 1. The number of thiazole rings is 1. The van der Waals surface area contributed by atoms with Crippen LogP contribution in [0.15, 0.2) is 18.2 Å². The van der Waals surface area contributed by atoms with Crippen molar-refractivity contribution in [2.24, 2.45) is 0 Å². The topological polar surface area (TPSA) is 60.9 Å². The first-order valence-electron chi connectivity index (χ1n) is 6.53. The van der Waals surface area contributed by atoms with Crippen molar-refractivity contribution in [2.75, 3.05) is 28.4 Å². The van der Waals surface area contributed by atoms with Crippen LogP contribution in [0.1, 0.15) is 15.4 Å². The van der Waals surface area contributed by atoms with Gasteiger partial charge >= 0.3 is 0 Å². The monoisotopic (exact) mass is 322 g/mol. The fourth-order valence-corrected chi connectivity index (χ4v) is 2.94. The van der Waals surface area contributed by atoms with E-state index in [9.17, 15) is 4.79 Å². The quantitative estimate of drug-likeness (QED) is 0.792. The normalized spacial score (nSPS) is 10.4. The Bertz CT molecular complexity index is 684. The molecule has 0 saturated heterocycles. The number of ether oxygens (including phenoxy) is 2. The molecule has 1 amide bonds. The Kier molecular flexibility index (Phi) is 4.99. The van der Waals surface area contributed by atoms with E-state index in [1.54, 1.807) is 28.2 Å². The molecule has 0 N–H and O–H groups in total. The van der Waals surface area contributed by atoms with Crippen LogP contribution in [0.3, 0.4) is 0 Å². The average Bonchev–Trinajstić information content (AvgIpc) is 2.94. The van der Waals surface area contributed by atoms with Crippen LogP contribution in [-0.4, -0.2) is 44.3 Å². The second-order valence-electron chi connectivity index (χ2n) is 4.49. The van der Waals surface area contributed by atoms with Gasteiger partial charge in [0.1, 0.15) is 9.88 Å². The summed E-state index contributed by atoms with van der Waals surface area (Å²) < 4.78 is 10.5. The van der Waals surface area contributed by atoms with Gasteiger partial charge in [0.05, 0.1) is 27.0 Å². The SMILES string of the molecule is COc1ccc(-c2nc(C)c(C(=O)N(C)OC)s2)cc1OC. The van der Waals surface area contributed by atoms with E-state index in [2.05, 4.69) is 4.98 Å². The Hall–Kier alpha value is -2.12. The molecule has 22 heavy (non-hydrogen) atoms. The van der Waals surface area contributed by atoms with Gasteiger partial charge in [0.25, 0.3) is 5.91 Å². The van der Waals surface area contributed by atoms with Gasteiger partial charge in [-0.25, -0.2) is 10.0 Å². The second-order valence-corrected chi connectivity index (χ2v) is 5.49. The maximum absolute atomic E-state index is 12.2. The van der Waals surface area contributed by atoms with E-state index in [-0.39, 0.29) is 5.91 Å². The summed E-state index contributed by atoms with van der Waals surface area (Å²) in [5.74, 6) is 1.05. The van der Waals surface area contributed by atoms with E-state index >= 15 is 0 Å². The highest BCUT2D eigenvalue weighted by Gasteiger charge is 2.20. The van der Waals surface area contributed by atoms with E-state index in [1.807, 2.05) is 18.2 Å². The number of benzene rings is 1. The Morgan fingerprint density at radius 1 is 1.18 bits per heavy atom. The molecule has 0 radical (unpaired) electrons. The first-order chi connectivity index (χ1) is 10.5. The van der Waals surface area contributed by atoms with E-state index < -0.39 is 0 Å². The zero-order valence-electron chi connectivity index (χ0n) is 13.2. The minimum Gasteiger partial charge on any atom is -0.493 e. The van der Waals surface area contributed by atoms with Crippen LogP contribution in [0.4, 0.5) is 0 Å². The number of rotatable bonds is 5. The molecular weight excluding hydrogens is 304 g/mol. The van der Waals surface area contributed by atoms with Crippen LogP contribution >= 0.6 is 11.3 Å². The molecule has 0 saturated carbocycles. The molecule has 0 atom stereocenters. The maximum Gasteiger partial charge on any atom is 0.289 e. The zero-order chi connectivity index (χ0) is 16.3. The Morgan fingerprint density at radius 3 is 2.45 bits per heavy atom. The van der Waals surface area contributed by atoms with Crippen molar-refractivity contribution >= 4 is 17.2 Å². The molecule has 1 aromatic heterocycles. The lowest BCUT2D eigenvalue weighted by atomic mass is 10.2. The number of hydrogen-bond acceptors (Lipinski definition) is 6. The lowest BCUT2D eigenvalue weighted by Crippen LogP contribution is -2.25. The molecule has 2 rings (SSSR count). The summed E-state index contributed by atoms with van der Waals surface area (Å²) >= 11 is 1.32. The van der Waals surface area contributed by atoms with Crippen molar-refractivity contribution in [3.05, 3.63) is 28.8 Å². The minimum atomic E-state index is -0.218. The lowest BCUT2D eigenvalue weighted by molar-refractivity contribution is -0.0754. The van der Waals surface area contributed by atoms with Gasteiger partial charge in [0.15, 0.2) is 11.5 Å². The molecule has 0 aliphatic carbocycles. The van der Waals surface area contributed by atoms with Crippen molar-refractivity contribution in [3.63, 3.8) is 0 Å². The molecule has 1 heterocycles. The summed E-state index contributed by atoms with van der Waals surface area (Å²) in [6.45, 7) is 1.80. The maximum atomic E-state index is 12.2. The second kappa shape index (κ2) is 6.76. The van der Waals surface area contributed by atoms with E-state index in [0.717, 1.165) is 10.6 Å². The molecule has 0 spiro atoms. The summed E-state index contributed by atoms with van der Waals surface area (Å²) in [7, 11) is 6.18. The van der Waals surface area contributed by atoms with Crippen LogP contribution in [0.5, 0.6) is 11.5 Å². The molecular formula is C15H18N2O4S. The van der Waals surface area contributed by atoms with Crippen LogP contribution in [0.2, 0.25) is 0 Å². The number of nitrogens with zero attached hydrogens (tertiary/aromatic N) is 2. The van der Waals surface area contributed by atoms with Gasteiger partial charge in [-0.3, -0.25) is 9.63 Å². The van der Waals surface area contributed by atoms with Gasteiger partial charge in [-0.15, -0.1) is 11.3 Å². The predicted octanol–water partition coefficient (Wildman–Crippen LogP) is 2.77. The summed E-state index contributed by atoms with van der Waals surface area (Å²) in [6, 6.07) is 5.53. The number of aromatic nitrogens is 1. The number of amides is 1. The molecule has 0 aliphatic rings. The van der Waals surface area contributed by atoms with Gasteiger partial charge in [-0.2, -0.15) is 0 Å². The minimum absolute atomic E-state index is 0.218. The van der Waals surface area contributed by atoms with E-state index in [0.29, 0.717) is 22.1 Å². The van der Waals surface area contributed by atoms with Crippen molar-refractivity contribution < 1.29 is 19.1 Å². The number of carbonyl (C=O) groups excluding carboxylic acids is 1. The third-order valence-electron chi connectivity index (χ3n) is 3.18. The van der Waals surface area contributed by atoms with Crippen molar-refractivity contribution in [3.8, 4) is 22.1 Å². The smallest absolute Gasteiger partial charge is 0.289 e. The molecule has 7 heteroatoms. The number of hydrogen-bond donors (Lipinski definition) is 0. The number of methoxy groups -OCH3 is 2. The molecule has 118 valence electrons. The molecule has 2 aromatic rings. The molecule has 0 aliphatic heterocycles. The molecule has 1 aromatic carbocycles. The third kappa shape index (κ3) is 3.05. The Morgan fingerprint density at radius 2 is 1.86 bits per heavy atom. The average molecular weight is 322 g/mol. The molecule has 0 unspecified atom stereocenters. The van der Waals surface area contributed by atoms with Gasteiger partial charge in [0.2, 0.25) is 0 Å². The van der Waals surface area contributed by atoms with E-state index in [4.69, 9.17) is 14.3 Å². The fourth-order valence-electron chi connectivity index (χ4n) is 1.91. The molecule has 6 nitrogen and oxygen atoms in total. The fraction of sp³-hybridized carbons (Fsp3) is 0.333. The summed E-state index contributed by atoms with van der Waals surface area (Å²) in [6.07, 6.45) is 0. The third-order valence-corrected chi connectivity index (χ3v) is 4.38. The first-order valence-corrected chi connectivity index (χ1v) is 7.35. The predicted molar refractivity (Wildman–Crippen MR) is 84.5 cm³/mol. The summed E-state index contributed by atoms with van der Waals surface area (Å²) in [5, 5.41) is 1.92. The number of hydroxylamine groups is 2. The highest BCUT2D eigenvalue weighted by Crippen LogP contribution is 2.35. The highest BCUT2D eigenvalue weighted by atomic mass is 32.1. The lowest BCUT2D eigenvalue weighted by Gasteiger charge is -2.12. The summed E-state index contributed by atoms with van der Waals surface area (Å²) in [5.41, 5.74) is 1.54. The molecule has 0 fully saturated rings. The standard InChI is InChI=1S/C15H18N2O4S/c1-9-13(15(18)17(2)21-5)22-14(16-9)10-6-7-11(19-3)12(8-10)20-4/h6-8H,1-5H3. The van der Waals surface area contributed by atoms with Crippen molar-refractivity contribution in [1.29, 1.82) is 0 Å². The number of carbonyl (C=O) groups is 1. The van der Waals surface area contributed by atoms with Crippen LogP contribution in [0.25, 0.3) is 10.6 Å². The van der Waals surface area contributed by atoms with Crippen LogP contribution in [0, 0.1) is 6.92 Å². The van der Waals surface area contributed by atoms with Gasteiger partial charge in [-0.05, 0) is 25.1 Å². The molecule has 0 bridgehead atoms. The van der Waals surface area contributed by atoms with Crippen LogP contribution in [-0.2, 0) is 4.84 Å². The van der Waals surface area contributed by atoms with Gasteiger partial charge < -0.3 is 9.47 Å². The first kappa shape index (κ1) is 16.3. The Labute approximate surface area is 133 Å². The Balaban J connectivity index is 2.40. The van der Waals surface area contributed by atoms with Gasteiger partial charge in [-0.1, -0.05) is 0 Å². The summed E-state index contributed by atoms with van der Waals surface area (Å²) in [4.78, 5) is 22.1. The van der Waals surface area contributed by atoms with Crippen molar-refractivity contribution in [2.45, 2.75) is 6.92 Å². The van der Waals surface area contributed by atoms with Crippen molar-refractivity contribution in [1.82, 2.24) is 10.0 Å². The van der Waals surface area contributed by atoms with Crippen LogP contribution < -0.4 is 9.47 Å². The largest absolute Gasteiger partial charge is 0.493 e. The zero-order valence-corrected chi connectivity index (χ0v) is 14.0.